The van der Waals surface area contributed by atoms with Gasteiger partial charge in [-0.2, -0.15) is 10.2 Å². The molecule has 0 aliphatic carbocycles. The molecule has 0 saturated carbocycles. The predicted octanol–water partition coefficient (Wildman–Crippen LogP) is 3.04. The van der Waals surface area contributed by atoms with Crippen molar-refractivity contribution < 1.29 is 8.42 Å². The molecule has 9 heteroatoms. The van der Waals surface area contributed by atoms with Gasteiger partial charge in [-0.15, -0.1) is 0 Å². The minimum Gasteiger partial charge on any atom is -0.276 e. The molecule has 0 unspecified atom stereocenters. The third-order valence-electron chi connectivity index (χ3n) is 4.12. The minimum absolute atomic E-state index is 0.157. The van der Waals surface area contributed by atoms with Crippen molar-refractivity contribution in [1.82, 2.24) is 19.6 Å². The van der Waals surface area contributed by atoms with Crippen molar-refractivity contribution in [1.29, 1.82) is 0 Å². The first-order valence-electron chi connectivity index (χ1n) is 7.99. The molecule has 7 nitrogen and oxygen atoms in total. The number of nitrogens with one attached hydrogen (secondary N) is 1. The Bertz CT molecular complexity index is 1050. The van der Waals surface area contributed by atoms with Crippen LogP contribution in [0.15, 0.2) is 35.4 Å². The van der Waals surface area contributed by atoms with E-state index in [9.17, 15) is 8.42 Å². The van der Waals surface area contributed by atoms with Crippen LogP contribution < -0.4 is 4.72 Å². The number of nitrogens with zero attached hydrogens (tertiary/aromatic N) is 4. The van der Waals surface area contributed by atoms with Crippen LogP contribution >= 0.6 is 11.6 Å². The van der Waals surface area contributed by atoms with Gasteiger partial charge in [0.05, 0.1) is 29.3 Å². The Morgan fingerprint density at radius 2 is 1.73 bits per heavy atom. The molecule has 1 aromatic carbocycles. The first-order valence-corrected chi connectivity index (χ1v) is 9.85. The standard InChI is InChI=1S/C17H20ClN5O2S/c1-11-16(10-22(4)19-11)26(24,25)21-17-12(2)20-23(13(17)3)9-14-5-7-15(18)8-6-14/h5-8,10,21H,9H2,1-4H3. The van der Waals surface area contributed by atoms with E-state index < -0.39 is 10.0 Å². The zero-order valence-electron chi connectivity index (χ0n) is 15.0. The molecular weight excluding hydrogens is 374 g/mol. The Morgan fingerprint density at radius 1 is 1.08 bits per heavy atom. The minimum atomic E-state index is -3.74. The van der Waals surface area contributed by atoms with Crippen molar-refractivity contribution in [2.75, 3.05) is 4.72 Å². The summed E-state index contributed by atoms with van der Waals surface area (Å²) in [4.78, 5) is 0.157. The Labute approximate surface area is 157 Å². The number of sulfonamides is 1. The predicted molar refractivity (Wildman–Crippen MR) is 101 cm³/mol. The Morgan fingerprint density at radius 3 is 2.31 bits per heavy atom. The molecule has 1 N–H and O–H groups in total. The first-order chi connectivity index (χ1) is 12.2. The summed E-state index contributed by atoms with van der Waals surface area (Å²) in [6, 6.07) is 7.47. The molecule has 0 bridgehead atoms. The molecule has 0 atom stereocenters. The maximum absolute atomic E-state index is 12.7. The van der Waals surface area contributed by atoms with E-state index in [1.165, 1.54) is 10.9 Å². The molecule has 3 aromatic rings. The molecule has 0 spiro atoms. The summed E-state index contributed by atoms with van der Waals surface area (Å²) in [5.41, 5.74) is 3.31. The van der Waals surface area contributed by atoms with Crippen LogP contribution in [-0.2, 0) is 23.6 Å². The van der Waals surface area contributed by atoms with Gasteiger partial charge in [0.1, 0.15) is 4.90 Å². The average molecular weight is 394 g/mol. The van der Waals surface area contributed by atoms with Gasteiger partial charge in [0.15, 0.2) is 0 Å². The maximum atomic E-state index is 12.7. The van der Waals surface area contributed by atoms with Gasteiger partial charge in [0.25, 0.3) is 10.0 Å². The molecule has 0 aliphatic rings. The molecule has 26 heavy (non-hydrogen) atoms. The van der Waals surface area contributed by atoms with Gasteiger partial charge in [-0.1, -0.05) is 23.7 Å². The van der Waals surface area contributed by atoms with Gasteiger partial charge < -0.3 is 0 Å². The molecule has 3 rings (SSSR count). The normalized spacial score (nSPS) is 11.7. The second-order valence-corrected chi connectivity index (χ2v) is 8.28. The quantitative estimate of drug-likeness (QED) is 0.722. The van der Waals surface area contributed by atoms with Crippen LogP contribution in [-0.4, -0.2) is 28.0 Å². The van der Waals surface area contributed by atoms with Crippen molar-refractivity contribution >= 4 is 27.3 Å². The number of aromatic nitrogens is 4. The summed E-state index contributed by atoms with van der Waals surface area (Å²) in [5.74, 6) is 0. The van der Waals surface area contributed by atoms with Crippen molar-refractivity contribution in [2.45, 2.75) is 32.2 Å². The lowest BCUT2D eigenvalue weighted by Crippen LogP contribution is -2.14. The van der Waals surface area contributed by atoms with E-state index in [2.05, 4.69) is 14.9 Å². The average Bonchev–Trinajstić information content (AvgIpc) is 3.03. The van der Waals surface area contributed by atoms with E-state index in [1.807, 2.05) is 31.2 Å². The Balaban J connectivity index is 1.90. The molecule has 0 amide bonds. The number of benzene rings is 1. The lowest BCUT2D eigenvalue weighted by Gasteiger charge is -2.09. The second-order valence-electron chi connectivity index (χ2n) is 6.19. The Kier molecular flexibility index (Phi) is 4.81. The number of rotatable bonds is 5. The van der Waals surface area contributed by atoms with Gasteiger partial charge in [-0.3, -0.25) is 14.1 Å². The van der Waals surface area contributed by atoms with E-state index >= 15 is 0 Å². The number of anilines is 1. The molecule has 2 aromatic heterocycles. The van der Waals surface area contributed by atoms with Crippen molar-refractivity contribution in [2.24, 2.45) is 7.05 Å². The van der Waals surface area contributed by atoms with Gasteiger partial charge in [-0.05, 0) is 38.5 Å². The SMILES string of the molecule is Cc1nn(C)cc1S(=O)(=O)Nc1c(C)nn(Cc2ccc(Cl)cc2)c1C. The summed E-state index contributed by atoms with van der Waals surface area (Å²) >= 11 is 5.91. The van der Waals surface area contributed by atoms with Crippen LogP contribution in [0.1, 0.15) is 22.6 Å². The van der Waals surface area contributed by atoms with E-state index in [0.29, 0.717) is 28.6 Å². The molecule has 0 fully saturated rings. The highest BCUT2D eigenvalue weighted by molar-refractivity contribution is 7.92. The third kappa shape index (κ3) is 3.61. The molecule has 0 aliphatic heterocycles. The number of aryl methyl sites for hydroxylation is 3. The van der Waals surface area contributed by atoms with Crippen LogP contribution in [0.25, 0.3) is 0 Å². The molecular formula is C17H20ClN5O2S. The van der Waals surface area contributed by atoms with Crippen molar-refractivity contribution in [3.63, 3.8) is 0 Å². The van der Waals surface area contributed by atoms with Gasteiger partial charge in [0.2, 0.25) is 0 Å². The smallest absolute Gasteiger partial charge is 0.265 e. The molecule has 138 valence electrons. The van der Waals surface area contributed by atoms with Crippen molar-refractivity contribution in [3.05, 3.63) is 58.1 Å². The number of hydrogen-bond acceptors (Lipinski definition) is 4. The molecule has 0 saturated heterocycles. The zero-order chi connectivity index (χ0) is 19.1. The summed E-state index contributed by atoms with van der Waals surface area (Å²) in [5, 5.41) is 9.24. The van der Waals surface area contributed by atoms with E-state index in [4.69, 9.17) is 11.6 Å². The summed E-state index contributed by atoms with van der Waals surface area (Å²) < 4.78 is 31.4. The fourth-order valence-corrected chi connectivity index (χ4v) is 4.31. The summed E-state index contributed by atoms with van der Waals surface area (Å²) in [7, 11) is -2.05. The van der Waals surface area contributed by atoms with Crippen LogP contribution in [0.4, 0.5) is 5.69 Å². The van der Waals surface area contributed by atoms with Crippen LogP contribution in [0.5, 0.6) is 0 Å². The van der Waals surface area contributed by atoms with E-state index in [0.717, 1.165) is 11.3 Å². The monoisotopic (exact) mass is 393 g/mol. The van der Waals surface area contributed by atoms with E-state index in [-0.39, 0.29) is 4.90 Å². The summed E-state index contributed by atoms with van der Waals surface area (Å²) in [6.45, 7) is 5.80. The number of halogens is 1. The van der Waals surface area contributed by atoms with Gasteiger partial charge >= 0.3 is 0 Å². The van der Waals surface area contributed by atoms with Crippen LogP contribution in [0.3, 0.4) is 0 Å². The first kappa shape index (κ1) is 18.5. The maximum Gasteiger partial charge on any atom is 0.265 e. The zero-order valence-corrected chi connectivity index (χ0v) is 16.6. The topological polar surface area (TPSA) is 81.8 Å². The Hall–Kier alpha value is -2.32. The second kappa shape index (κ2) is 6.77. The third-order valence-corrected chi connectivity index (χ3v) is 5.83. The molecule has 2 heterocycles. The summed E-state index contributed by atoms with van der Waals surface area (Å²) in [6.07, 6.45) is 1.49. The van der Waals surface area contributed by atoms with Crippen LogP contribution in [0.2, 0.25) is 5.02 Å². The highest BCUT2D eigenvalue weighted by atomic mass is 35.5. The van der Waals surface area contributed by atoms with Gasteiger partial charge in [-0.25, -0.2) is 8.42 Å². The molecule has 0 radical (unpaired) electrons. The van der Waals surface area contributed by atoms with E-state index in [1.54, 1.807) is 25.6 Å². The fraction of sp³-hybridized carbons (Fsp3) is 0.294. The highest BCUT2D eigenvalue weighted by Gasteiger charge is 2.23. The number of hydrogen-bond donors (Lipinski definition) is 1. The largest absolute Gasteiger partial charge is 0.276 e. The highest BCUT2D eigenvalue weighted by Crippen LogP contribution is 2.25. The van der Waals surface area contributed by atoms with Gasteiger partial charge in [0, 0.05) is 18.3 Å². The fourth-order valence-electron chi connectivity index (χ4n) is 2.79. The lowest BCUT2D eigenvalue weighted by atomic mass is 10.2. The lowest BCUT2D eigenvalue weighted by molar-refractivity contribution is 0.600. The van der Waals surface area contributed by atoms with Crippen molar-refractivity contribution in [3.8, 4) is 0 Å². The van der Waals surface area contributed by atoms with Crippen LogP contribution in [0, 0.1) is 20.8 Å².